The molecule has 0 saturated carbocycles. The molecular formula is C23H29F3N4O4. The molecule has 2 saturated heterocycles. The van der Waals surface area contributed by atoms with E-state index in [1.54, 1.807) is 11.0 Å². The summed E-state index contributed by atoms with van der Waals surface area (Å²) in [4.78, 5) is 22.7. The quantitative estimate of drug-likeness (QED) is 0.573. The van der Waals surface area contributed by atoms with Crippen molar-refractivity contribution in [2.45, 2.75) is 19.3 Å². The molecular weight excluding hydrogens is 453 g/mol. The summed E-state index contributed by atoms with van der Waals surface area (Å²) in [6, 6.07) is 5.59. The molecule has 0 atom stereocenters. The average Bonchev–Trinajstić information content (AvgIpc) is 3.31. The number of amides is 1. The number of carbonyl (C=O) groups excluding carboxylic acids is 1. The number of nitrogens with zero attached hydrogens (tertiary/aromatic N) is 4. The Morgan fingerprint density at radius 3 is 2.38 bits per heavy atom. The molecule has 2 aromatic rings. The largest absolute Gasteiger partial charge is 0.447 e. The van der Waals surface area contributed by atoms with Crippen molar-refractivity contribution >= 4 is 5.91 Å². The van der Waals surface area contributed by atoms with Crippen LogP contribution in [0, 0.1) is 0 Å². The van der Waals surface area contributed by atoms with Gasteiger partial charge in [0.15, 0.2) is 5.69 Å². The Morgan fingerprint density at radius 1 is 1.00 bits per heavy atom. The van der Waals surface area contributed by atoms with E-state index in [4.69, 9.17) is 13.9 Å². The van der Waals surface area contributed by atoms with E-state index in [0.717, 1.165) is 19.2 Å². The van der Waals surface area contributed by atoms with Crippen molar-refractivity contribution in [2.75, 3.05) is 65.7 Å². The Morgan fingerprint density at radius 2 is 1.68 bits per heavy atom. The van der Waals surface area contributed by atoms with Crippen LogP contribution in [0.15, 0.2) is 34.9 Å². The van der Waals surface area contributed by atoms with E-state index >= 15 is 0 Å². The lowest BCUT2D eigenvalue weighted by atomic mass is 10.1. The number of ether oxygens (including phenoxy) is 2. The lowest BCUT2D eigenvalue weighted by molar-refractivity contribution is -0.138. The molecule has 0 aliphatic carbocycles. The number of hydrogen-bond acceptors (Lipinski definition) is 7. The van der Waals surface area contributed by atoms with E-state index < -0.39 is 11.7 Å². The van der Waals surface area contributed by atoms with E-state index in [-0.39, 0.29) is 30.3 Å². The molecule has 0 unspecified atom stereocenters. The molecule has 2 aliphatic heterocycles. The Kier molecular flexibility index (Phi) is 8.19. The zero-order chi connectivity index (χ0) is 24.0. The highest BCUT2D eigenvalue weighted by Crippen LogP contribution is 2.32. The summed E-state index contributed by atoms with van der Waals surface area (Å²) in [5.41, 5.74) is -0.268. The smallest absolute Gasteiger partial charge is 0.416 e. The van der Waals surface area contributed by atoms with Gasteiger partial charge < -0.3 is 18.8 Å². The van der Waals surface area contributed by atoms with Gasteiger partial charge >= 0.3 is 6.18 Å². The summed E-state index contributed by atoms with van der Waals surface area (Å²) in [6.07, 6.45) is -3.12. The molecule has 0 N–H and O–H groups in total. The molecule has 4 rings (SSSR count). The highest BCUT2D eigenvalue weighted by atomic mass is 19.4. The SMILES string of the molecule is O=C(c1coc(CN(CCN2CCOCC2)Cc2ccccc2C(F)(F)F)n1)N1CCOCC1. The van der Waals surface area contributed by atoms with Crippen molar-refractivity contribution in [3.05, 3.63) is 53.2 Å². The van der Waals surface area contributed by atoms with Gasteiger partial charge in [-0.1, -0.05) is 18.2 Å². The first-order chi connectivity index (χ1) is 16.4. The van der Waals surface area contributed by atoms with Crippen LogP contribution in [0.5, 0.6) is 0 Å². The molecule has 186 valence electrons. The summed E-state index contributed by atoms with van der Waals surface area (Å²) >= 11 is 0. The Bertz CT molecular complexity index is 940. The maximum absolute atomic E-state index is 13.5. The average molecular weight is 483 g/mol. The van der Waals surface area contributed by atoms with Crippen molar-refractivity contribution in [2.24, 2.45) is 0 Å². The minimum atomic E-state index is -4.44. The van der Waals surface area contributed by atoms with Gasteiger partial charge in [-0.15, -0.1) is 0 Å². The maximum atomic E-state index is 13.5. The number of benzene rings is 1. The number of hydrogen-bond donors (Lipinski definition) is 0. The predicted molar refractivity (Wildman–Crippen MR) is 116 cm³/mol. The highest BCUT2D eigenvalue weighted by Gasteiger charge is 2.33. The van der Waals surface area contributed by atoms with Gasteiger partial charge in [-0.3, -0.25) is 14.6 Å². The first-order valence-corrected chi connectivity index (χ1v) is 11.4. The fraction of sp³-hybridized carbons (Fsp3) is 0.565. The molecule has 2 aliphatic rings. The molecule has 1 aromatic heterocycles. The number of alkyl halides is 3. The molecule has 1 aromatic carbocycles. The normalized spacial score (nSPS) is 17.9. The first kappa shape index (κ1) is 24.6. The van der Waals surface area contributed by atoms with Crippen LogP contribution in [0.2, 0.25) is 0 Å². The van der Waals surface area contributed by atoms with Crippen LogP contribution >= 0.6 is 0 Å². The standard InChI is InChI=1S/C23H29F3N4O4/c24-23(25,26)19-4-2-1-3-18(19)15-29(6-5-28-7-11-32-12-8-28)16-21-27-20(17-34-21)22(31)30-9-13-33-14-10-30/h1-4,17H,5-16H2. The third-order valence-corrected chi connectivity index (χ3v) is 5.98. The van der Waals surface area contributed by atoms with Gasteiger partial charge in [0.05, 0.1) is 38.5 Å². The van der Waals surface area contributed by atoms with E-state index in [2.05, 4.69) is 9.88 Å². The minimum Gasteiger partial charge on any atom is -0.447 e. The molecule has 0 radical (unpaired) electrons. The zero-order valence-electron chi connectivity index (χ0n) is 18.9. The first-order valence-electron chi connectivity index (χ1n) is 11.4. The minimum absolute atomic E-state index is 0.0785. The molecule has 1 amide bonds. The summed E-state index contributed by atoms with van der Waals surface area (Å²) in [5.74, 6) is 0.0589. The summed E-state index contributed by atoms with van der Waals surface area (Å²) in [6.45, 7) is 6.24. The third kappa shape index (κ3) is 6.56. The lowest BCUT2D eigenvalue weighted by Gasteiger charge is -2.30. The maximum Gasteiger partial charge on any atom is 0.416 e. The Labute approximate surface area is 196 Å². The third-order valence-electron chi connectivity index (χ3n) is 5.98. The second kappa shape index (κ2) is 11.3. The van der Waals surface area contributed by atoms with Crippen LogP contribution in [0.25, 0.3) is 0 Å². The second-order valence-electron chi connectivity index (χ2n) is 8.35. The topological polar surface area (TPSA) is 71.3 Å². The number of oxazole rings is 1. The van der Waals surface area contributed by atoms with Crippen LogP contribution in [-0.4, -0.2) is 91.3 Å². The van der Waals surface area contributed by atoms with Gasteiger partial charge in [0, 0.05) is 45.8 Å². The van der Waals surface area contributed by atoms with Crippen molar-refractivity contribution in [1.29, 1.82) is 0 Å². The fourth-order valence-electron chi connectivity index (χ4n) is 4.10. The van der Waals surface area contributed by atoms with E-state index in [1.165, 1.54) is 18.4 Å². The molecule has 2 fully saturated rings. The fourth-order valence-corrected chi connectivity index (χ4v) is 4.10. The van der Waals surface area contributed by atoms with E-state index in [9.17, 15) is 18.0 Å². The van der Waals surface area contributed by atoms with Crippen LogP contribution in [0.1, 0.15) is 27.5 Å². The van der Waals surface area contributed by atoms with Crippen LogP contribution in [0.4, 0.5) is 13.2 Å². The van der Waals surface area contributed by atoms with Crippen molar-refractivity contribution < 1.29 is 31.9 Å². The highest BCUT2D eigenvalue weighted by molar-refractivity contribution is 5.92. The zero-order valence-corrected chi connectivity index (χ0v) is 18.9. The predicted octanol–water partition coefficient (Wildman–Crippen LogP) is 2.50. The second-order valence-corrected chi connectivity index (χ2v) is 8.35. The van der Waals surface area contributed by atoms with Crippen LogP contribution < -0.4 is 0 Å². The van der Waals surface area contributed by atoms with Gasteiger partial charge in [-0.25, -0.2) is 4.98 Å². The van der Waals surface area contributed by atoms with Crippen molar-refractivity contribution in [1.82, 2.24) is 19.7 Å². The summed E-state index contributed by atoms with van der Waals surface area (Å²) in [7, 11) is 0. The van der Waals surface area contributed by atoms with Gasteiger partial charge in [-0.2, -0.15) is 13.2 Å². The molecule has 0 bridgehead atoms. The summed E-state index contributed by atoms with van der Waals surface area (Å²) in [5, 5.41) is 0. The van der Waals surface area contributed by atoms with Crippen LogP contribution in [0.3, 0.4) is 0 Å². The monoisotopic (exact) mass is 482 g/mol. The number of morpholine rings is 2. The summed E-state index contributed by atoms with van der Waals surface area (Å²) < 4.78 is 56.8. The number of halogens is 3. The van der Waals surface area contributed by atoms with Crippen LogP contribution in [-0.2, 0) is 28.7 Å². The van der Waals surface area contributed by atoms with Gasteiger partial charge in [0.2, 0.25) is 5.89 Å². The van der Waals surface area contributed by atoms with Gasteiger partial charge in [-0.05, 0) is 11.6 Å². The van der Waals surface area contributed by atoms with Crippen molar-refractivity contribution in [3.63, 3.8) is 0 Å². The molecule has 3 heterocycles. The van der Waals surface area contributed by atoms with E-state index in [1.807, 2.05) is 4.90 Å². The van der Waals surface area contributed by atoms with E-state index in [0.29, 0.717) is 58.5 Å². The van der Waals surface area contributed by atoms with Crippen molar-refractivity contribution in [3.8, 4) is 0 Å². The van der Waals surface area contributed by atoms with Gasteiger partial charge in [0.25, 0.3) is 5.91 Å². The molecule has 0 spiro atoms. The van der Waals surface area contributed by atoms with Gasteiger partial charge in [0.1, 0.15) is 6.26 Å². The Balaban J connectivity index is 1.47. The number of rotatable bonds is 8. The molecule has 34 heavy (non-hydrogen) atoms. The molecule has 8 nitrogen and oxygen atoms in total. The Hall–Kier alpha value is -2.47. The number of aromatic nitrogens is 1. The molecule has 11 heteroatoms. The number of carbonyl (C=O) groups is 1. The lowest BCUT2D eigenvalue weighted by Crippen LogP contribution is -2.41.